The van der Waals surface area contributed by atoms with Crippen LogP contribution < -0.4 is 21.1 Å². The minimum absolute atomic E-state index is 0.297. The number of nitrogens with one attached hydrogen (secondary N) is 2. The number of amides is 2. The fourth-order valence-corrected chi connectivity index (χ4v) is 1.64. The lowest BCUT2D eigenvalue weighted by molar-refractivity contribution is -0.117. The van der Waals surface area contributed by atoms with Crippen LogP contribution in [0.1, 0.15) is 17.3 Å². The summed E-state index contributed by atoms with van der Waals surface area (Å²) in [5.41, 5.74) is 6.72. The average molecular weight is 235 g/mol. The molecule has 2 amide bonds. The normalized spacial score (nSPS) is 18.8. The smallest absolute Gasteiger partial charge is 0.254 e. The van der Waals surface area contributed by atoms with E-state index in [0.29, 0.717) is 22.7 Å². The zero-order valence-electron chi connectivity index (χ0n) is 9.53. The molecule has 6 heteroatoms. The zero-order chi connectivity index (χ0) is 12.6. The molecule has 0 radical (unpaired) electrons. The van der Waals surface area contributed by atoms with Crippen LogP contribution in [0.4, 0.5) is 11.4 Å². The van der Waals surface area contributed by atoms with Crippen molar-refractivity contribution >= 4 is 23.2 Å². The van der Waals surface area contributed by atoms with Crippen molar-refractivity contribution in [3.8, 4) is 5.75 Å². The third-order valence-corrected chi connectivity index (χ3v) is 2.61. The van der Waals surface area contributed by atoms with Gasteiger partial charge in [-0.05, 0) is 13.0 Å². The van der Waals surface area contributed by atoms with Crippen molar-refractivity contribution in [3.63, 3.8) is 0 Å². The summed E-state index contributed by atoms with van der Waals surface area (Å²) in [6, 6.07) is 2.50. The Kier molecular flexibility index (Phi) is 2.63. The van der Waals surface area contributed by atoms with Gasteiger partial charge in [-0.2, -0.15) is 0 Å². The molecule has 1 heterocycles. The second-order valence-corrected chi connectivity index (χ2v) is 3.82. The first-order valence-electron chi connectivity index (χ1n) is 5.12. The first-order valence-corrected chi connectivity index (χ1v) is 5.12. The van der Waals surface area contributed by atoms with Crippen molar-refractivity contribution in [2.45, 2.75) is 13.0 Å². The lowest BCUT2D eigenvalue weighted by Crippen LogP contribution is -2.38. The molecular weight excluding hydrogens is 222 g/mol. The van der Waals surface area contributed by atoms with Crippen LogP contribution in [0.2, 0.25) is 0 Å². The molecule has 0 saturated carbocycles. The molecule has 1 atom stereocenters. The maximum atomic E-state index is 11.9. The molecule has 0 saturated heterocycles. The third-order valence-electron chi connectivity index (χ3n) is 2.61. The van der Waals surface area contributed by atoms with Gasteiger partial charge in [-0.15, -0.1) is 0 Å². The van der Waals surface area contributed by atoms with Gasteiger partial charge in [-0.1, -0.05) is 0 Å². The standard InChI is InChI=1S/C11H13N3O3/c1-5-10(15)14-9-7(11(16)13-5)3-6(17-2)4-8(9)12/h3-5H,12H2,1-2H3,(H,13,16)(H,14,15). The van der Waals surface area contributed by atoms with Crippen LogP contribution in [0.5, 0.6) is 5.75 Å². The fourth-order valence-electron chi connectivity index (χ4n) is 1.64. The van der Waals surface area contributed by atoms with Crippen LogP contribution in [0.25, 0.3) is 0 Å². The average Bonchev–Trinajstić information content (AvgIpc) is 2.39. The van der Waals surface area contributed by atoms with Gasteiger partial charge in [-0.3, -0.25) is 9.59 Å². The van der Waals surface area contributed by atoms with Crippen LogP contribution in [0.15, 0.2) is 12.1 Å². The van der Waals surface area contributed by atoms with Gasteiger partial charge < -0.3 is 21.1 Å². The number of carbonyl (C=O) groups is 2. The molecule has 1 aromatic rings. The van der Waals surface area contributed by atoms with Gasteiger partial charge in [0.25, 0.3) is 5.91 Å². The SMILES string of the molecule is COc1cc(N)c2c(c1)C(=O)NC(C)C(=O)N2. The number of hydrogen-bond acceptors (Lipinski definition) is 4. The Hall–Kier alpha value is -2.24. The van der Waals surface area contributed by atoms with Crippen LogP contribution in [0, 0.1) is 0 Å². The molecule has 0 bridgehead atoms. The lowest BCUT2D eigenvalue weighted by atomic mass is 10.1. The van der Waals surface area contributed by atoms with Crippen LogP contribution in [0.3, 0.4) is 0 Å². The molecule has 4 N–H and O–H groups in total. The van der Waals surface area contributed by atoms with Crippen LogP contribution in [-0.2, 0) is 4.79 Å². The van der Waals surface area contributed by atoms with Crippen molar-refractivity contribution in [2.75, 3.05) is 18.2 Å². The molecule has 1 aliphatic rings. The summed E-state index contributed by atoms with van der Waals surface area (Å²) in [5.74, 6) is -0.175. The van der Waals surface area contributed by atoms with Crippen LogP contribution in [-0.4, -0.2) is 25.0 Å². The van der Waals surface area contributed by atoms with E-state index in [4.69, 9.17) is 10.5 Å². The Morgan fingerprint density at radius 2 is 2.06 bits per heavy atom. The number of anilines is 2. The van der Waals surface area contributed by atoms with Crippen molar-refractivity contribution < 1.29 is 14.3 Å². The summed E-state index contributed by atoms with van der Waals surface area (Å²) in [4.78, 5) is 23.5. The van der Waals surface area contributed by atoms with Gasteiger partial charge in [-0.25, -0.2) is 0 Å². The Balaban J connectivity index is 2.57. The Labute approximate surface area is 98.1 Å². The summed E-state index contributed by atoms with van der Waals surface area (Å²) in [6.45, 7) is 1.60. The summed E-state index contributed by atoms with van der Waals surface area (Å²) < 4.78 is 5.03. The number of hydrogen-bond donors (Lipinski definition) is 3. The van der Waals surface area contributed by atoms with E-state index in [1.54, 1.807) is 19.1 Å². The zero-order valence-corrected chi connectivity index (χ0v) is 9.53. The second-order valence-electron chi connectivity index (χ2n) is 3.82. The number of nitrogens with two attached hydrogens (primary N) is 1. The van der Waals surface area contributed by atoms with E-state index in [1.807, 2.05) is 0 Å². The van der Waals surface area contributed by atoms with E-state index in [9.17, 15) is 9.59 Å². The summed E-state index contributed by atoms with van der Waals surface area (Å²) in [6.07, 6.45) is 0. The minimum Gasteiger partial charge on any atom is -0.497 e. The van der Waals surface area contributed by atoms with E-state index < -0.39 is 6.04 Å². The second kappa shape index (κ2) is 3.97. The number of ether oxygens (including phenoxy) is 1. The maximum Gasteiger partial charge on any atom is 0.254 e. The van der Waals surface area contributed by atoms with E-state index >= 15 is 0 Å². The van der Waals surface area contributed by atoms with Gasteiger partial charge in [0.15, 0.2) is 0 Å². The topological polar surface area (TPSA) is 93.4 Å². The molecular formula is C11H13N3O3. The van der Waals surface area contributed by atoms with Crippen LogP contribution >= 0.6 is 0 Å². The Morgan fingerprint density at radius 1 is 1.35 bits per heavy atom. The Bertz CT molecular complexity index is 499. The van der Waals surface area contributed by atoms with Crippen molar-refractivity contribution in [2.24, 2.45) is 0 Å². The molecule has 0 aromatic heterocycles. The summed E-state index contributed by atoms with van der Waals surface area (Å²) in [7, 11) is 1.48. The molecule has 0 spiro atoms. The lowest BCUT2D eigenvalue weighted by Gasteiger charge is -2.10. The number of rotatable bonds is 1. The molecule has 1 aliphatic heterocycles. The van der Waals surface area contributed by atoms with Crippen molar-refractivity contribution in [3.05, 3.63) is 17.7 Å². The molecule has 1 unspecified atom stereocenters. The molecule has 0 fully saturated rings. The highest BCUT2D eigenvalue weighted by Crippen LogP contribution is 2.30. The number of benzene rings is 1. The number of carbonyl (C=O) groups excluding carboxylic acids is 2. The molecule has 90 valence electrons. The molecule has 0 aliphatic carbocycles. The molecule has 17 heavy (non-hydrogen) atoms. The van der Waals surface area contributed by atoms with Gasteiger partial charge in [0.05, 0.1) is 24.0 Å². The predicted octanol–water partition coefficient (Wildman–Crippen LogP) is 0.348. The van der Waals surface area contributed by atoms with Gasteiger partial charge in [0.2, 0.25) is 5.91 Å². The van der Waals surface area contributed by atoms with Crippen molar-refractivity contribution in [1.29, 1.82) is 0 Å². The summed E-state index contributed by atoms with van der Waals surface area (Å²) >= 11 is 0. The summed E-state index contributed by atoms with van der Waals surface area (Å²) in [5, 5.41) is 5.18. The van der Waals surface area contributed by atoms with Gasteiger partial charge in [0, 0.05) is 6.07 Å². The highest BCUT2D eigenvalue weighted by molar-refractivity contribution is 6.12. The number of fused-ring (bicyclic) bond motifs is 1. The maximum absolute atomic E-state index is 11.9. The van der Waals surface area contributed by atoms with Gasteiger partial charge in [0.1, 0.15) is 11.8 Å². The van der Waals surface area contributed by atoms with Gasteiger partial charge >= 0.3 is 0 Å². The number of methoxy groups -OCH3 is 1. The minimum atomic E-state index is -0.597. The first-order chi connectivity index (χ1) is 8.02. The van der Waals surface area contributed by atoms with E-state index in [1.165, 1.54) is 7.11 Å². The van der Waals surface area contributed by atoms with Crippen molar-refractivity contribution in [1.82, 2.24) is 5.32 Å². The molecule has 6 nitrogen and oxygen atoms in total. The van der Waals surface area contributed by atoms with E-state index in [2.05, 4.69) is 10.6 Å². The monoisotopic (exact) mass is 235 g/mol. The molecule has 2 rings (SSSR count). The predicted molar refractivity (Wildman–Crippen MR) is 63.0 cm³/mol. The number of nitrogen functional groups attached to an aromatic ring is 1. The fraction of sp³-hybridized carbons (Fsp3) is 0.273. The Morgan fingerprint density at radius 3 is 2.71 bits per heavy atom. The van der Waals surface area contributed by atoms with E-state index in [0.717, 1.165) is 0 Å². The van der Waals surface area contributed by atoms with E-state index in [-0.39, 0.29) is 11.8 Å². The highest BCUT2D eigenvalue weighted by atomic mass is 16.5. The first kappa shape index (κ1) is 11.3. The quantitative estimate of drug-likeness (QED) is 0.612. The molecule has 1 aromatic carbocycles. The third kappa shape index (κ3) is 1.89. The highest BCUT2D eigenvalue weighted by Gasteiger charge is 2.26. The largest absolute Gasteiger partial charge is 0.497 e.